The zero-order chi connectivity index (χ0) is 24.1. The first kappa shape index (κ1) is 24.1. The first-order chi connectivity index (χ1) is 16.5. The number of rotatable bonds is 8. The van der Waals surface area contributed by atoms with Crippen LogP contribution in [0.3, 0.4) is 0 Å². The maximum Gasteiger partial charge on any atom is 0.244 e. The molecule has 2 heterocycles. The van der Waals surface area contributed by atoms with Gasteiger partial charge < -0.3 is 15.0 Å². The lowest BCUT2D eigenvalue weighted by Gasteiger charge is -2.31. The van der Waals surface area contributed by atoms with Crippen LogP contribution in [0.4, 0.5) is 27.9 Å². The number of hydrogen-bond donors (Lipinski definition) is 2. The summed E-state index contributed by atoms with van der Waals surface area (Å²) in [5.41, 5.74) is 0.473. The number of carbonyl (C=O) groups excluding carboxylic acids is 1. The van der Waals surface area contributed by atoms with Crippen molar-refractivity contribution in [1.82, 2.24) is 19.9 Å². The summed E-state index contributed by atoms with van der Waals surface area (Å²) < 4.78 is 19.2. The van der Waals surface area contributed by atoms with E-state index in [1.165, 1.54) is 38.5 Å². The minimum Gasteiger partial charge on any atom is -0.494 e. The highest BCUT2D eigenvalue weighted by molar-refractivity contribution is 5.93. The SMILES string of the molecule is CCN1CCCC1C(=O)Nc1nc(Nc2ccc(OC)c(F)c2)nc(N(C)C2CCCCC2)n1. The van der Waals surface area contributed by atoms with Gasteiger partial charge in [-0.05, 0) is 50.9 Å². The summed E-state index contributed by atoms with van der Waals surface area (Å²) in [5.74, 6) is 0.466. The largest absolute Gasteiger partial charge is 0.494 e. The molecule has 1 saturated heterocycles. The van der Waals surface area contributed by atoms with Crippen LogP contribution in [0, 0.1) is 5.82 Å². The van der Waals surface area contributed by atoms with E-state index in [1.54, 1.807) is 6.07 Å². The first-order valence-corrected chi connectivity index (χ1v) is 12.1. The number of carbonyl (C=O) groups is 1. The third kappa shape index (κ3) is 5.55. The number of amides is 1. The van der Waals surface area contributed by atoms with Crippen molar-refractivity contribution in [3.05, 3.63) is 24.0 Å². The zero-order valence-corrected chi connectivity index (χ0v) is 20.2. The van der Waals surface area contributed by atoms with Gasteiger partial charge in [0.15, 0.2) is 11.6 Å². The second kappa shape index (κ2) is 10.9. The van der Waals surface area contributed by atoms with E-state index < -0.39 is 5.82 Å². The monoisotopic (exact) mass is 471 g/mol. The number of likely N-dealkylation sites (tertiary alicyclic amines) is 1. The van der Waals surface area contributed by atoms with Crippen molar-refractivity contribution >= 4 is 29.4 Å². The molecular weight excluding hydrogens is 437 g/mol. The highest BCUT2D eigenvalue weighted by Crippen LogP contribution is 2.27. The molecular formula is C24H34FN7O2. The average Bonchev–Trinajstić information content (AvgIpc) is 3.33. The molecule has 1 aliphatic carbocycles. The predicted molar refractivity (Wildman–Crippen MR) is 130 cm³/mol. The molecule has 2 fully saturated rings. The predicted octanol–water partition coefficient (Wildman–Crippen LogP) is 3.95. The number of anilines is 4. The normalized spacial score (nSPS) is 19.1. The molecule has 0 radical (unpaired) electrons. The van der Waals surface area contributed by atoms with Crippen LogP contribution < -0.4 is 20.3 Å². The van der Waals surface area contributed by atoms with E-state index in [4.69, 9.17) is 4.74 Å². The van der Waals surface area contributed by atoms with Gasteiger partial charge in [-0.3, -0.25) is 15.0 Å². The molecule has 9 nitrogen and oxygen atoms in total. The summed E-state index contributed by atoms with van der Waals surface area (Å²) in [4.78, 5) is 30.8. The van der Waals surface area contributed by atoms with E-state index in [1.807, 2.05) is 7.05 Å². The Kier molecular flexibility index (Phi) is 7.77. The summed E-state index contributed by atoms with van der Waals surface area (Å²) in [7, 11) is 3.40. The Bertz CT molecular complexity index is 999. The molecule has 10 heteroatoms. The quantitative estimate of drug-likeness (QED) is 0.598. The number of halogens is 1. The highest BCUT2D eigenvalue weighted by Gasteiger charge is 2.30. The molecule has 2 aromatic rings. The number of ether oxygens (including phenoxy) is 1. The molecule has 0 spiro atoms. The summed E-state index contributed by atoms with van der Waals surface area (Å²) in [6.45, 7) is 3.79. The third-order valence-corrected chi connectivity index (χ3v) is 6.78. The zero-order valence-electron chi connectivity index (χ0n) is 20.2. The summed E-state index contributed by atoms with van der Waals surface area (Å²) in [6, 6.07) is 4.69. The van der Waals surface area contributed by atoms with Crippen molar-refractivity contribution in [2.45, 2.75) is 64.0 Å². The van der Waals surface area contributed by atoms with Crippen LogP contribution in [0.25, 0.3) is 0 Å². The van der Waals surface area contributed by atoms with Crippen LogP contribution in [-0.4, -0.2) is 65.1 Å². The van der Waals surface area contributed by atoms with Crippen molar-refractivity contribution in [3.63, 3.8) is 0 Å². The molecule has 1 amide bonds. The molecule has 1 atom stereocenters. The van der Waals surface area contributed by atoms with Crippen molar-refractivity contribution in [2.75, 3.05) is 42.8 Å². The van der Waals surface area contributed by atoms with Gasteiger partial charge in [0.05, 0.1) is 13.2 Å². The van der Waals surface area contributed by atoms with Crippen LogP contribution in [0.1, 0.15) is 51.9 Å². The molecule has 1 aliphatic heterocycles. The van der Waals surface area contributed by atoms with E-state index in [0.29, 0.717) is 17.7 Å². The van der Waals surface area contributed by atoms with Gasteiger partial charge in [0, 0.05) is 24.8 Å². The fraction of sp³-hybridized carbons (Fsp3) is 0.583. The van der Waals surface area contributed by atoms with E-state index in [2.05, 4.69) is 42.3 Å². The van der Waals surface area contributed by atoms with Crippen molar-refractivity contribution in [3.8, 4) is 5.75 Å². The Balaban J connectivity index is 1.60. The molecule has 1 saturated carbocycles. The van der Waals surface area contributed by atoms with Gasteiger partial charge in [0.1, 0.15) is 0 Å². The molecule has 2 aliphatic rings. The molecule has 1 aromatic carbocycles. The first-order valence-electron chi connectivity index (χ1n) is 12.1. The Hall–Kier alpha value is -3.01. The number of nitrogens with zero attached hydrogens (tertiary/aromatic N) is 5. The third-order valence-electron chi connectivity index (χ3n) is 6.78. The van der Waals surface area contributed by atoms with Gasteiger partial charge in [0.2, 0.25) is 23.8 Å². The number of methoxy groups -OCH3 is 1. The molecule has 34 heavy (non-hydrogen) atoms. The van der Waals surface area contributed by atoms with Gasteiger partial charge in [-0.1, -0.05) is 26.2 Å². The lowest BCUT2D eigenvalue weighted by Crippen LogP contribution is -2.40. The number of nitrogens with one attached hydrogen (secondary N) is 2. The van der Waals surface area contributed by atoms with Crippen LogP contribution in [0.2, 0.25) is 0 Å². The molecule has 184 valence electrons. The summed E-state index contributed by atoms with van der Waals surface area (Å²) in [5, 5.41) is 5.95. The maximum absolute atomic E-state index is 14.2. The fourth-order valence-electron chi connectivity index (χ4n) is 4.83. The Morgan fingerprint density at radius 1 is 1.15 bits per heavy atom. The van der Waals surface area contributed by atoms with Crippen LogP contribution in [0.15, 0.2) is 18.2 Å². The standard InChI is InChI=1S/C24H34FN7O2/c1-4-32-14-8-11-19(32)21(33)27-23-28-22(26-16-12-13-20(34-3)18(25)15-16)29-24(30-23)31(2)17-9-6-5-7-10-17/h12-13,15,17,19H,4-11,14H2,1-3H3,(H2,26,27,28,29,30,33). The van der Waals surface area contributed by atoms with Gasteiger partial charge in [-0.15, -0.1) is 0 Å². The smallest absolute Gasteiger partial charge is 0.244 e. The minimum absolute atomic E-state index is 0.113. The average molecular weight is 472 g/mol. The van der Waals surface area contributed by atoms with Gasteiger partial charge in [-0.2, -0.15) is 15.0 Å². The van der Waals surface area contributed by atoms with Crippen molar-refractivity contribution in [1.29, 1.82) is 0 Å². The molecule has 1 unspecified atom stereocenters. The number of aromatic nitrogens is 3. The Morgan fingerprint density at radius 3 is 2.62 bits per heavy atom. The second-order valence-electron chi connectivity index (χ2n) is 8.94. The van der Waals surface area contributed by atoms with E-state index in [0.717, 1.165) is 38.8 Å². The van der Waals surface area contributed by atoms with Crippen molar-refractivity contribution < 1.29 is 13.9 Å². The highest BCUT2D eigenvalue weighted by atomic mass is 19.1. The minimum atomic E-state index is -0.490. The van der Waals surface area contributed by atoms with Gasteiger partial charge >= 0.3 is 0 Å². The molecule has 0 bridgehead atoms. The Morgan fingerprint density at radius 2 is 1.91 bits per heavy atom. The lowest BCUT2D eigenvalue weighted by molar-refractivity contribution is -0.120. The molecule has 4 rings (SSSR count). The fourth-order valence-corrected chi connectivity index (χ4v) is 4.83. The Labute approximate surface area is 200 Å². The van der Waals surface area contributed by atoms with E-state index in [9.17, 15) is 9.18 Å². The van der Waals surface area contributed by atoms with Crippen LogP contribution in [-0.2, 0) is 4.79 Å². The van der Waals surface area contributed by atoms with Crippen molar-refractivity contribution in [2.24, 2.45) is 0 Å². The van der Waals surface area contributed by atoms with Crippen LogP contribution in [0.5, 0.6) is 5.75 Å². The topological polar surface area (TPSA) is 95.5 Å². The maximum atomic E-state index is 14.2. The summed E-state index contributed by atoms with van der Waals surface area (Å²) in [6.07, 6.45) is 7.55. The molecule has 1 aromatic heterocycles. The van der Waals surface area contributed by atoms with E-state index >= 15 is 0 Å². The number of hydrogen-bond acceptors (Lipinski definition) is 8. The number of likely N-dealkylation sites (N-methyl/N-ethyl adjacent to an activating group) is 1. The molecule has 2 N–H and O–H groups in total. The van der Waals surface area contributed by atoms with Crippen LogP contribution >= 0.6 is 0 Å². The second-order valence-corrected chi connectivity index (χ2v) is 8.94. The number of benzene rings is 1. The van der Waals surface area contributed by atoms with Gasteiger partial charge in [-0.25, -0.2) is 4.39 Å². The lowest BCUT2D eigenvalue weighted by atomic mass is 9.95. The van der Waals surface area contributed by atoms with Gasteiger partial charge in [0.25, 0.3) is 0 Å². The van der Waals surface area contributed by atoms with E-state index in [-0.39, 0.29) is 29.6 Å². The summed E-state index contributed by atoms with van der Waals surface area (Å²) >= 11 is 0.